The van der Waals surface area contributed by atoms with E-state index in [1.807, 2.05) is 18.2 Å². The molecular weight excluding hydrogens is 366 g/mol. The standard InChI is InChI=1S/C19H19N3O4S/c1-25-15-6-5-12(10-16(15)26-2)14-4-3-7-21(14)17(23)13-11-20-19-22(18(13)24)8-9-27-19/h5-6,8-11,14H,3-4,7H2,1-2H3. The quantitative estimate of drug-likeness (QED) is 0.690. The van der Waals surface area contributed by atoms with Crippen molar-refractivity contribution >= 4 is 22.2 Å². The van der Waals surface area contributed by atoms with Gasteiger partial charge in [0.2, 0.25) is 0 Å². The van der Waals surface area contributed by atoms with Crippen LogP contribution in [0.15, 0.2) is 40.8 Å². The first-order valence-electron chi connectivity index (χ1n) is 8.62. The molecule has 1 atom stereocenters. The zero-order chi connectivity index (χ0) is 19.0. The van der Waals surface area contributed by atoms with Gasteiger partial charge in [-0.2, -0.15) is 0 Å². The molecule has 8 heteroatoms. The van der Waals surface area contributed by atoms with Crippen LogP contribution in [-0.2, 0) is 0 Å². The van der Waals surface area contributed by atoms with Crippen LogP contribution in [0.5, 0.6) is 11.5 Å². The van der Waals surface area contributed by atoms with E-state index in [4.69, 9.17) is 9.47 Å². The van der Waals surface area contributed by atoms with Gasteiger partial charge in [-0.25, -0.2) is 4.98 Å². The smallest absolute Gasteiger partial charge is 0.271 e. The number of rotatable bonds is 4. The van der Waals surface area contributed by atoms with E-state index in [0.29, 0.717) is 23.0 Å². The van der Waals surface area contributed by atoms with E-state index in [0.717, 1.165) is 18.4 Å². The number of ether oxygens (including phenoxy) is 2. The lowest BCUT2D eigenvalue weighted by molar-refractivity contribution is 0.0733. The number of carbonyl (C=O) groups excluding carboxylic acids is 1. The van der Waals surface area contributed by atoms with Crippen molar-refractivity contribution in [2.24, 2.45) is 0 Å². The third kappa shape index (κ3) is 2.95. The van der Waals surface area contributed by atoms with Crippen molar-refractivity contribution in [1.82, 2.24) is 14.3 Å². The summed E-state index contributed by atoms with van der Waals surface area (Å²) in [6.07, 6.45) is 4.74. The number of likely N-dealkylation sites (tertiary alicyclic amines) is 1. The summed E-state index contributed by atoms with van der Waals surface area (Å²) in [4.78, 5) is 32.3. The van der Waals surface area contributed by atoms with Gasteiger partial charge in [0.25, 0.3) is 11.5 Å². The average Bonchev–Trinajstić information content (AvgIpc) is 3.37. The summed E-state index contributed by atoms with van der Waals surface area (Å²) in [5.41, 5.74) is 0.727. The number of amides is 1. The molecule has 0 spiro atoms. The molecule has 140 valence electrons. The van der Waals surface area contributed by atoms with Gasteiger partial charge in [-0.15, -0.1) is 11.3 Å². The molecule has 3 aromatic rings. The molecule has 1 saturated heterocycles. The molecule has 2 aromatic heterocycles. The third-order valence-corrected chi connectivity index (χ3v) is 5.65. The second-order valence-electron chi connectivity index (χ2n) is 6.30. The van der Waals surface area contributed by atoms with Crippen molar-refractivity contribution in [2.45, 2.75) is 18.9 Å². The number of hydrogen-bond donors (Lipinski definition) is 0. The van der Waals surface area contributed by atoms with Gasteiger partial charge in [0.15, 0.2) is 16.5 Å². The van der Waals surface area contributed by atoms with Gasteiger partial charge < -0.3 is 14.4 Å². The lowest BCUT2D eigenvalue weighted by Crippen LogP contribution is -2.35. The maximum absolute atomic E-state index is 13.1. The van der Waals surface area contributed by atoms with E-state index in [1.165, 1.54) is 21.9 Å². The lowest BCUT2D eigenvalue weighted by atomic mass is 10.0. The lowest BCUT2D eigenvalue weighted by Gasteiger charge is -2.25. The Morgan fingerprint density at radius 2 is 2.07 bits per heavy atom. The number of aromatic nitrogens is 2. The molecule has 1 aliphatic rings. The van der Waals surface area contributed by atoms with Gasteiger partial charge in [0, 0.05) is 24.3 Å². The summed E-state index contributed by atoms with van der Waals surface area (Å²) < 4.78 is 12.1. The van der Waals surface area contributed by atoms with Crippen LogP contribution in [0, 0.1) is 0 Å². The van der Waals surface area contributed by atoms with Gasteiger partial charge >= 0.3 is 0 Å². The Labute approximate surface area is 159 Å². The fourth-order valence-corrected chi connectivity index (χ4v) is 4.22. The molecule has 0 bridgehead atoms. The van der Waals surface area contributed by atoms with Crippen LogP contribution in [0.25, 0.3) is 4.96 Å². The SMILES string of the molecule is COc1ccc(C2CCCN2C(=O)c2cnc3sccn3c2=O)cc1OC. The molecule has 0 saturated carbocycles. The van der Waals surface area contributed by atoms with E-state index in [2.05, 4.69) is 4.98 Å². The number of fused-ring (bicyclic) bond motifs is 1. The Morgan fingerprint density at radius 1 is 1.26 bits per heavy atom. The third-order valence-electron chi connectivity index (χ3n) is 4.88. The Kier molecular flexibility index (Phi) is 4.57. The van der Waals surface area contributed by atoms with Crippen molar-refractivity contribution in [2.75, 3.05) is 20.8 Å². The van der Waals surface area contributed by atoms with Crippen molar-refractivity contribution in [1.29, 1.82) is 0 Å². The Morgan fingerprint density at radius 3 is 2.85 bits per heavy atom. The van der Waals surface area contributed by atoms with Gasteiger partial charge in [-0.3, -0.25) is 14.0 Å². The van der Waals surface area contributed by atoms with E-state index < -0.39 is 0 Å². The molecule has 3 heterocycles. The predicted molar refractivity (Wildman–Crippen MR) is 102 cm³/mol. The first kappa shape index (κ1) is 17.5. The molecule has 1 fully saturated rings. The zero-order valence-electron chi connectivity index (χ0n) is 15.0. The summed E-state index contributed by atoms with van der Waals surface area (Å²) in [6.45, 7) is 0.601. The summed E-state index contributed by atoms with van der Waals surface area (Å²) in [7, 11) is 3.17. The minimum absolute atomic E-state index is 0.0956. The highest BCUT2D eigenvalue weighted by Gasteiger charge is 2.32. The van der Waals surface area contributed by atoms with Crippen LogP contribution in [-0.4, -0.2) is 41.0 Å². The van der Waals surface area contributed by atoms with Crippen LogP contribution < -0.4 is 15.0 Å². The Balaban J connectivity index is 1.69. The second-order valence-corrected chi connectivity index (χ2v) is 7.18. The normalized spacial score (nSPS) is 16.7. The highest BCUT2D eigenvalue weighted by Crippen LogP contribution is 2.37. The number of methoxy groups -OCH3 is 2. The Bertz CT molecular complexity index is 1060. The average molecular weight is 385 g/mol. The van der Waals surface area contributed by atoms with Gasteiger partial charge in [-0.05, 0) is 30.5 Å². The summed E-state index contributed by atoms with van der Waals surface area (Å²) in [5, 5.41) is 1.78. The van der Waals surface area contributed by atoms with Crippen LogP contribution in [0.2, 0.25) is 0 Å². The molecule has 0 aliphatic carbocycles. The van der Waals surface area contributed by atoms with Crippen molar-refractivity contribution in [3.05, 3.63) is 57.5 Å². The minimum atomic E-state index is -0.329. The van der Waals surface area contributed by atoms with Crippen LogP contribution in [0.3, 0.4) is 0 Å². The number of benzene rings is 1. The van der Waals surface area contributed by atoms with Gasteiger partial charge in [-0.1, -0.05) is 6.07 Å². The number of nitrogens with zero attached hydrogens (tertiary/aromatic N) is 3. The molecule has 4 rings (SSSR count). The topological polar surface area (TPSA) is 73.1 Å². The van der Waals surface area contributed by atoms with E-state index in [1.54, 1.807) is 30.7 Å². The number of thiazole rings is 1. The van der Waals surface area contributed by atoms with Gasteiger partial charge in [0.05, 0.1) is 20.3 Å². The molecule has 1 amide bonds. The van der Waals surface area contributed by atoms with Crippen LogP contribution in [0.1, 0.15) is 34.8 Å². The van der Waals surface area contributed by atoms with Crippen LogP contribution >= 0.6 is 11.3 Å². The molecular formula is C19H19N3O4S. The van der Waals surface area contributed by atoms with Gasteiger partial charge in [0.1, 0.15) is 5.56 Å². The molecule has 1 aliphatic heterocycles. The number of carbonyl (C=O) groups is 1. The fraction of sp³-hybridized carbons (Fsp3) is 0.316. The van der Waals surface area contributed by atoms with Crippen molar-refractivity contribution in [3.8, 4) is 11.5 Å². The number of hydrogen-bond acceptors (Lipinski definition) is 6. The molecule has 0 N–H and O–H groups in total. The van der Waals surface area contributed by atoms with E-state index >= 15 is 0 Å². The Hall–Kier alpha value is -2.87. The fourth-order valence-electron chi connectivity index (χ4n) is 3.54. The molecule has 0 radical (unpaired) electrons. The first-order chi connectivity index (χ1) is 13.1. The van der Waals surface area contributed by atoms with E-state index in [9.17, 15) is 9.59 Å². The first-order valence-corrected chi connectivity index (χ1v) is 9.49. The molecule has 27 heavy (non-hydrogen) atoms. The van der Waals surface area contributed by atoms with Crippen LogP contribution in [0.4, 0.5) is 0 Å². The van der Waals surface area contributed by atoms with E-state index in [-0.39, 0.29) is 23.1 Å². The molecule has 1 unspecified atom stereocenters. The maximum Gasteiger partial charge on any atom is 0.271 e. The predicted octanol–water partition coefficient (Wildman–Crippen LogP) is 2.75. The highest BCUT2D eigenvalue weighted by atomic mass is 32.1. The largest absolute Gasteiger partial charge is 0.493 e. The molecule has 7 nitrogen and oxygen atoms in total. The second kappa shape index (κ2) is 7.03. The summed E-state index contributed by atoms with van der Waals surface area (Å²) in [5.74, 6) is 0.976. The maximum atomic E-state index is 13.1. The summed E-state index contributed by atoms with van der Waals surface area (Å²) >= 11 is 1.36. The monoisotopic (exact) mass is 385 g/mol. The highest BCUT2D eigenvalue weighted by molar-refractivity contribution is 7.15. The minimum Gasteiger partial charge on any atom is -0.493 e. The summed E-state index contributed by atoms with van der Waals surface area (Å²) in [6, 6.07) is 5.55. The van der Waals surface area contributed by atoms with Crippen molar-refractivity contribution < 1.29 is 14.3 Å². The molecule has 1 aromatic carbocycles. The zero-order valence-corrected chi connectivity index (χ0v) is 15.9. The van der Waals surface area contributed by atoms with Crippen molar-refractivity contribution in [3.63, 3.8) is 0 Å².